The van der Waals surface area contributed by atoms with Gasteiger partial charge >= 0.3 is 5.97 Å². The van der Waals surface area contributed by atoms with Gasteiger partial charge in [0.2, 0.25) is 0 Å². The summed E-state index contributed by atoms with van der Waals surface area (Å²) in [5.41, 5.74) is 1.06. The largest absolute Gasteiger partial charge is 0.481 e. The van der Waals surface area contributed by atoms with E-state index in [1.54, 1.807) is 21.0 Å². The summed E-state index contributed by atoms with van der Waals surface area (Å²) in [5, 5.41) is 9.24. The highest BCUT2D eigenvalue weighted by Gasteiger charge is 2.54. The minimum Gasteiger partial charge on any atom is -0.481 e. The lowest BCUT2D eigenvalue weighted by Crippen LogP contribution is -2.41. The molecule has 5 heteroatoms. The number of methoxy groups -OCH3 is 1. The van der Waals surface area contributed by atoms with Crippen LogP contribution in [0.4, 0.5) is 0 Å². The number of carboxylic acids is 1. The number of rotatable bonds is 6. The number of ether oxygens (including phenoxy) is 3. The average molecular weight is 308 g/mol. The first-order valence-corrected chi connectivity index (χ1v) is 7.50. The number of aliphatic carboxylic acids is 1. The predicted octanol–water partition coefficient (Wildman–Crippen LogP) is 2.69. The molecular formula is C17H24O5. The van der Waals surface area contributed by atoms with Crippen molar-refractivity contribution in [1.82, 2.24) is 0 Å². The first-order chi connectivity index (χ1) is 10.4. The highest BCUT2D eigenvalue weighted by molar-refractivity contribution is 5.70. The third kappa shape index (κ3) is 3.32. The average Bonchev–Trinajstić information content (AvgIpc) is 2.77. The smallest absolute Gasteiger partial charge is 0.308 e. The number of benzene rings is 1. The first kappa shape index (κ1) is 16.9. The Kier molecular flexibility index (Phi) is 5.21. The molecule has 0 spiro atoms. The molecule has 1 N–H and O–H groups in total. The Bertz CT molecular complexity index is 503. The normalized spacial score (nSPS) is 32.8. The Morgan fingerprint density at radius 3 is 2.59 bits per heavy atom. The van der Waals surface area contributed by atoms with Crippen molar-refractivity contribution < 1.29 is 24.1 Å². The Hall–Kier alpha value is -1.43. The van der Waals surface area contributed by atoms with Crippen molar-refractivity contribution in [3.8, 4) is 0 Å². The molecule has 1 aliphatic heterocycles. The monoisotopic (exact) mass is 308 g/mol. The predicted molar refractivity (Wildman–Crippen MR) is 81.3 cm³/mol. The van der Waals surface area contributed by atoms with Crippen molar-refractivity contribution in [3.63, 3.8) is 0 Å². The first-order valence-electron chi connectivity index (χ1n) is 7.50. The van der Waals surface area contributed by atoms with Crippen LogP contribution in [0.5, 0.6) is 0 Å². The van der Waals surface area contributed by atoms with Crippen molar-refractivity contribution in [3.05, 3.63) is 35.9 Å². The second kappa shape index (κ2) is 6.77. The molecule has 1 aliphatic rings. The van der Waals surface area contributed by atoms with Crippen molar-refractivity contribution in [2.24, 2.45) is 11.8 Å². The molecule has 0 amide bonds. The van der Waals surface area contributed by atoms with Crippen LogP contribution >= 0.6 is 0 Å². The lowest BCUT2D eigenvalue weighted by molar-refractivity contribution is -0.247. The zero-order valence-electron chi connectivity index (χ0n) is 13.5. The minimum atomic E-state index is -0.942. The van der Waals surface area contributed by atoms with Gasteiger partial charge in [0.05, 0.1) is 18.6 Å². The third-order valence-electron chi connectivity index (χ3n) is 4.44. The van der Waals surface area contributed by atoms with Crippen LogP contribution in [0.3, 0.4) is 0 Å². The quantitative estimate of drug-likeness (QED) is 0.875. The molecule has 1 saturated heterocycles. The summed E-state index contributed by atoms with van der Waals surface area (Å²) in [7, 11) is 1.55. The van der Waals surface area contributed by atoms with Crippen LogP contribution in [0.2, 0.25) is 0 Å². The summed E-state index contributed by atoms with van der Waals surface area (Å²) in [5.74, 6) is -2.52. The molecule has 0 bridgehead atoms. The van der Waals surface area contributed by atoms with E-state index < -0.39 is 23.8 Å². The van der Waals surface area contributed by atoms with Gasteiger partial charge in [0.15, 0.2) is 5.79 Å². The zero-order chi connectivity index (χ0) is 16.3. The van der Waals surface area contributed by atoms with E-state index >= 15 is 0 Å². The molecule has 0 unspecified atom stereocenters. The molecule has 0 aliphatic carbocycles. The minimum absolute atomic E-state index is 0.0836. The van der Waals surface area contributed by atoms with Crippen LogP contribution < -0.4 is 0 Å². The molecule has 5 atom stereocenters. The SMILES string of the molecule is CO[C@]1(C)O[C@@H]([C@@H](C)C(=O)O)[C@@H](C)[C@@H]1OCc1ccccc1. The van der Waals surface area contributed by atoms with Gasteiger partial charge in [0, 0.05) is 13.0 Å². The van der Waals surface area contributed by atoms with Gasteiger partial charge < -0.3 is 19.3 Å². The van der Waals surface area contributed by atoms with E-state index in [2.05, 4.69) is 0 Å². The van der Waals surface area contributed by atoms with E-state index in [-0.39, 0.29) is 12.0 Å². The molecule has 1 fully saturated rings. The van der Waals surface area contributed by atoms with Gasteiger partial charge in [0.1, 0.15) is 6.10 Å². The number of carbonyl (C=O) groups is 1. The van der Waals surface area contributed by atoms with E-state index in [4.69, 9.17) is 14.2 Å². The van der Waals surface area contributed by atoms with Gasteiger partial charge in [-0.15, -0.1) is 0 Å². The van der Waals surface area contributed by atoms with Crippen LogP contribution in [-0.2, 0) is 25.6 Å². The second-order valence-electron chi connectivity index (χ2n) is 6.01. The van der Waals surface area contributed by atoms with Crippen LogP contribution in [0.15, 0.2) is 30.3 Å². The van der Waals surface area contributed by atoms with Crippen LogP contribution in [-0.4, -0.2) is 36.2 Å². The van der Waals surface area contributed by atoms with Crippen LogP contribution in [0, 0.1) is 11.8 Å². The fourth-order valence-electron chi connectivity index (χ4n) is 3.02. The molecule has 1 heterocycles. The lowest BCUT2D eigenvalue weighted by atomic mass is 9.90. The molecule has 1 aromatic rings. The fourth-order valence-corrected chi connectivity index (χ4v) is 3.02. The molecule has 5 nitrogen and oxygen atoms in total. The maximum absolute atomic E-state index is 11.3. The second-order valence-corrected chi connectivity index (χ2v) is 6.01. The molecule has 122 valence electrons. The van der Waals surface area contributed by atoms with Crippen molar-refractivity contribution >= 4 is 5.97 Å². The summed E-state index contributed by atoms with van der Waals surface area (Å²) >= 11 is 0. The molecular weight excluding hydrogens is 284 g/mol. The van der Waals surface area contributed by atoms with Crippen molar-refractivity contribution in [2.45, 2.75) is 45.4 Å². The summed E-state index contributed by atoms with van der Waals surface area (Å²) < 4.78 is 17.4. The number of carboxylic acid groups (broad SMARTS) is 1. The maximum atomic E-state index is 11.3. The maximum Gasteiger partial charge on any atom is 0.308 e. The number of hydrogen-bond acceptors (Lipinski definition) is 4. The van der Waals surface area contributed by atoms with Gasteiger partial charge in [-0.3, -0.25) is 4.79 Å². The molecule has 1 aromatic carbocycles. The van der Waals surface area contributed by atoms with Crippen LogP contribution in [0.1, 0.15) is 26.3 Å². The highest BCUT2D eigenvalue weighted by atomic mass is 16.7. The summed E-state index contributed by atoms with van der Waals surface area (Å²) in [6, 6.07) is 9.84. The Morgan fingerprint density at radius 1 is 1.41 bits per heavy atom. The lowest BCUT2D eigenvalue weighted by Gasteiger charge is -2.30. The summed E-state index contributed by atoms with van der Waals surface area (Å²) in [4.78, 5) is 11.3. The van der Waals surface area contributed by atoms with Gasteiger partial charge in [-0.25, -0.2) is 0 Å². The Labute approximate surface area is 131 Å². The Balaban J connectivity index is 2.12. The van der Waals surface area contributed by atoms with Gasteiger partial charge in [0.25, 0.3) is 0 Å². The van der Waals surface area contributed by atoms with E-state index in [1.807, 2.05) is 37.3 Å². The molecule has 22 heavy (non-hydrogen) atoms. The standard InChI is InChI=1S/C17H24O5/c1-11-14(12(2)16(18)19)22-17(3,20-4)15(11)21-10-13-8-6-5-7-9-13/h5-9,11-12,14-15H,10H2,1-4H3,(H,18,19)/t11-,12-,14-,15+,17-/m1/s1. The van der Waals surface area contributed by atoms with Crippen molar-refractivity contribution in [1.29, 1.82) is 0 Å². The summed E-state index contributed by atoms with van der Waals surface area (Å²) in [6.45, 7) is 5.84. The van der Waals surface area contributed by atoms with Crippen molar-refractivity contribution in [2.75, 3.05) is 7.11 Å². The topological polar surface area (TPSA) is 65.0 Å². The van der Waals surface area contributed by atoms with E-state index in [0.717, 1.165) is 5.56 Å². The Morgan fingerprint density at radius 2 is 2.05 bits per heavy atom. The van der Waals surface area contributed by atoms with Crippen LogP contribution in [0.25, 0.3) is 0 Å². The fraction of sp³-hybridized carbons (Fsp3) is 0.588. The summed E-state index contributed by atoms with van der Waals surface area (Å²) in [6.07, 6.45) is -0.771. The zero-order valence-corrected chi connectivity index (χ0v) is 13.5. The molecule has 0 radical (unpaired) electrons. The molecule has 0 aromatic heterocycles. The number of hydrogen-bond donors (Lipinski definition) is 1. The van der Waals surface area contributed by atoms with Gasteiger partial charge in [-0.2, -0.15) is 0 Å². The van der Waals surface area contributed by atoms with E-state index in [9.17, 15) is 9.90 Å². The molecule has 2 rings (SSSR count). The van der Waals surface area contributed by atoms with Gasteiger partial charge in [-0.05, 0) is 19.4 Å². The van der Waals surface area contributed by atoms with E-state index in [1.165, 1.54) is 0 Å². The molecule has 0 saturated carbocycles. The van der Waals surface area contributed by atoms with Gasteiger partial charge in [-0.1, -0.05) is 37.3 Å². The third-order valence-corrected chi connectivity index (χ3v) is 4.44. The highest BCUT2D eigenvalue weighted by Crippen LogP contribution is 2.41. The van der Waals surface area contributed by atoms with E-state index in [0.29, 0.717) is 6.61 Å².